The van der Waals surface area contributed by atoms with Crippen LogP contribution in [-0.2, 0) is 9.47 Å². The highest BCUT2D eigenvalue weighted by Gasteiger charge is 2.22. The fourth-order valence-electron chi connectivity index (χ4n) is 2.04. The van der Waals surface area contributed by atoms with Gasteiger partial charge in [-0.05, 0) is 24.5 Å². The number of anilines is 1. The third-order valence-electron chi connectivity index (χ3n) is 3.16. The van der Waals surface area contributed by atoms with E-state index in [2.05, 4.69) is 22.0 Å². The van der Waals surface area contributed by atoms with Crippen LogP contribution < -0.4 is 5.32 Å². The Hall–Kier alpha value is -1.62. The van der Waals surface area contributed by atoms with Crippen LogP contribution in [0.25, 0.3) is 0 Å². The van der Waals surface area contributed by atoms with Gasteiger partial charge >= 0.3 is 5.97 Å². The SMILES string of the molecule is COC(=O)c1ccnc(NC2CCOCC2C)c1. The van der Waals surface area contributed by atoms with E-state index in [-0.39, 0.29) is 5.97 Å². The molecule has 5 nitrogen and oxygen atoms in total. The summed E-state index contributed by atoms with van der Waals surface area (Å²) >= 11 is 0. The van der Waals surface area contributed by atoms with Gasteiger partial charge in [0.25, 0.3) is 0 Å². The molecule has 0 saturated carbocycles. The number of carbonyl (C=O) groups is 1. The molecule has 5 heteroatoms. The van der Waals surface area contributed by atoms with Gasteiger partial charge in [-0.1, -0.05) is 6.92 Å². The van der Waals surface area contributed by atoms with Crippen molar-refractivity contribution in [3.8, 4) is 0 Å². The van der Waals surface area contributed by atoms with Gasteiger partial charge < -0.3 is 14.8 Å². The number of rotatable bonds is 3. The zero-order chi connectivity index (χ0) is 13.0. The molecule has 2 unspecified atom stereocenters. The summed E-state index contributed by atoms with van der Waals surface area (Å²) in [5.74, 6) is 0.791. The van der Waals surface area contributed by atoms with Crippen molar-refractivity contribution in [3.05, 3.63) is 23.9 Å². The minimum atomic E-state index is -0.347. The Labute approximate surface area is 107 Å². The summed E-state index contributed by atoms with van der Waals surface area (Å²) in [6.07, 6.45) is 2.56. The number of nitrogens with one attached hydrogen (secondary N) is 1. The van der Waals surface area contributed by atoms with Gasteiger partial charge in [0.15, 0.2) is 0 Å². The molecule has 0 radical (unpaired) electrons. The number of aromatic nitrogens is 1. The largest absolute Gasteiger partial charge is 0.465 e. The number of methoxy groups -OCH3 is 1. The first-order valence-corrected chi connectivity index (χ1v) is 6.09. The Bertz CT molecular complexity index is 422. The molecular weight excluding hydrogens is 232 g/mol. The topological polar surface area (TPSA) is 60.5 Å². The smallest absolute Gasteiger partial charge is 0.338 e. The molecule has 0 aromatic carbocycles. The van der Waals surface area contributed by atoms with E-state index in [1.54, 1.807) is 18.3 Å². The fraction of sp³-hybridized carbons (Fsp3) is 0.538. The Morgan fingerprint density at radius 1 is 1.61 bits per heavy atom. The van der Waals surface area contributed by atoms with Crippen LogP contribution in [0.3, 0.4) is 0 Å². The number of esters is 1. The number of pyridine rings is 1. The summed E-state index contributed by atoms with van der Waals surface area (Å²) in [6, 6.07) is 3.69. The lowest BCUT2D eigenvalue weighted by Crippen LogP contribution is -2.36. The quantitative estimate of drug-likeness (QED) is 0.827. The lowest BCUT2D eigenvalue weighted by Gasteiger charge is -2.30. The third-order valence-corrected chi connectivity index (χ3v) is 3.16. The molecule has 1 aromatic heterocycles. The van der Waals surface area contributed by atoms with Crippen molar-refractivity contribution >= 4 is 11.8 Å². The van der Waals surface area contributed by atoms with Gasteiger partial charge in [-0.25, -0.2) is 9.78 Å². The molecule has 18 heavy (non-hydrogen) atoms. The van der Waals surface area contributed by atoms with Crippen LogP contribution in [0.15, 0.2) is 18.3 Å². The second-order valence-corrected chi connectivity index (χ2v) is 4.51. The highest BCUT2D eigenvalue weighted by molar-refractivity contribution is 5.89. The zero-order valence-electron chi connectivity index (χ0n) is 10.7. The summed E-state index contributed by atoms with van der Waals surface area (Å²) in [7, 11) is 1.37. The highest BCUT2D eigenvalue weighted by atomic mass is 16.5. The molecular formula is C13H18N2O3. The van der Waals surface area contributed by atoms with Crippen LogP contribution in [0.1, 0.15) is 23.7 Å². The second kappa shape index (κ2) is 5.82. The molecule has 1 fully saturated rings. The summed E-state index contributed by atoms with van der Waals surface area (Å²) in [6.45, 7) is 3.66. The highest BCUT2D eigenvalue weighted by Crippen LogP contribution is 2.19. The maximum Gasteiger partial charge on any atom is 0.338 e. The van der Waals surface area contributed by atoms with Crippen molar-refractivity contribution in [1.82, 2.24) is 4.98 Å². The normalized spacial score (nSPS) is 23.4. The molecule has 1 aliphatic heterocycles. The van der Waals surface area contributed by atoms with Crippen molar-refractivity contribution < 1.29 is 14.3 Å². The van der Waals surface area contributed by atoms with Gasteiger partial charge in [-0.15, -0.1) is 0 Å². The van der Waals surface area contributed by atoms with Gasteiger partial charge in [-0.2, -0.15) is 0 Å². The van der Waals surface area contributed by atoms with E-state index >= 15 is 0 Å². The first kappa shape index (κ1) is 12.8. The van der Waals surface area contributed by atoms with Gasteiger partial charge in [0.1, 0.15) is 5.82 Å². The summed E-state index contributed by atoms with van der Waals surface area (Å²) in [5, 5.41) is 3.35. The first-order valence-electron chi connectivity index (χ1n) is 6.09. The lowest BCUT2D eigenvalue weighted by molar-refractivity contribution is 0.0536. The zero-order valence-corrected chi connectivity index (χ0v) is 10.7. The average molecular weight is 250 g/mol. The third kappa shape index (κ3) is 2.98. The van der Waals surface area contributed by atoms with Crippen molar-refractivity contribution in [2.24, 2.45) is 5.92 Å². The van der Waals surface area contributed by atoms with Crippen molar-refractivity contribution in [1.29, 1.82) is 0 Å². The van der Waals surface area contributed by atoms with E-state index in [4.69, 9.17) is 4.74 Å². The summed E-state index contributed by atoms with van der Waals surface area (Å²) in [5.41, 5.74) is 0.509. The minimum absolute atomic E-state index is 0.333. The lowest BCUT2D eigenvalue weighted by atomic mass is 9.98. The van der Waals surface area contributed by atoms with Crippen LogP contribution in [-0.4, -0.2) is 37.3 Å². The van der Waals surface area contributed by atoms with Crippen molar-refractivity contribution in [2.75, 3.05) is 25.6 Å². The van der Waals surface area contributed by atoms with Gasteiger partial charge in [0.05, 0.1) is 19.3 Å². The number of hydrogen-bond donors (Lipinski definition) is 1. The molecule has 2 heterocycles. The molecule has 0 bridgehead atoms. The Balaban J connectivity index is 2.06. The minimum Gasteiger partial charge on any atom is -0.465 e. The van der Waals surface area contributed by atoms with Crippen molar-refractivity contribution in [2.45, 2.75) is 19.4 Å². The Morgan fingerprint density at radius 2 is 2.44 bits per heavy atom. The Morgan fingerprint density at radius 3 is 3.17 bits per heavy atom. The van der Waals surface area contributed by atoms with Crippen LogP contribution in [0.4, 0.5) is 5.82 Å². The van der Waals surface area contributed by atoms with Gasteiger partial charge in [0, 0.05) is 18.8 Å². The number of ether oxygens (including phenoxy) is 2. The van der Waals surface area contributed by atoms with E-state index < -0.39 is 0 Å². The molecule has 1 aromatic rings. The maximum absolute atomic E-state index is 11.4. The molecule has 1 aliphatic rings. The van der Waals surface area contributed by atoms with E-state index in [1.165, 1.54) is 7.11 Å². The van der Waals surface area contributed by atoms with Gasteiger partial charge in [0.2, 0.25) is 0 Å². The second-order valence-electron chi connectivity index (χ2n) is 4.51. The van der Waals surface area contributed by atoms with E-state index in [9.17, 15) is 4.79 Å². The average Bonchev–Trinajstić information content (AvgIpc) is 2.41. The van der Waals surface area contributed by atoms with E-state index in [0.29, 0.717) is 23.3 Å². The maximum atomic E-state index is 11.4. The summed E-state index contributed by atoms with van der Waals surface area (Å²) < 4.78 is 10.1. The molecule has 0 spiro atoms. The first-order chi connectivity index (χ1) is 8.70. The molecule has 0 aliphatic carbocycles. The summed E-state index contributed by atoms with van der Waals surface area (Å²) in [4.78, 5) is 15.6. The molecule has 2 atom stereocenters. The predicted molar refractivity (Wildman–Crippen MR) is 67.6 cm³/mol. The molecule has 0 amide bonds. The Kier molecular flexibility index (Phi) is 4.15. The molecule has 2 rings (SSSR count). The molecule has 1 saturated heterocycles. The van der Waals surface area contributed by atoms with Crippen LogP contribution in [0, 0.1) is 5.92 Å². The van der Waals surface area contributed by atoms with E-state index in [0.717, 1.165) is 19.6 Å². The van der Waals surface area contributed by atoms with Crippen LogP contribution >= 0.6 is 0 Å². The van der Waals surface area contributed by atoms with E-state index in [1.807, 2.05) is 0 Å². The monoisotopic (exact) mass is 250 g/mol. The predicted octanol–water partition coefficient (Wildman–Crippen LogP) is 1.71. The molecule has 1 N–H and O–H groups in total. The number of carbonyl (C=O) groups excluding carboxylic acids is 1. The molecule has 98 valence electrons. The van der Waals surface area contributed by atoms with Gasteiger partial charge in [-0.3, -0.25) is 0 Å². The standard InChI is InChI=1S/C13H18N2O3/c1-9-8-18-6-4-11(9)15-12-7-10(3-5-14-12)13(16)17-2/h3,5,7,9,11H,4,6,8H2,1-2H3,(H,14,15). The number of nitrogens with zero attached hydrogens (tertiary/aromatic N) is 1. The van der Waals surface area contributed by atoms with Crippen LogP contribution in [0.2, 0.25) is 0 Å². The van der Waals surface area contributed by atoms with Crippen molar-refractivity contribution in [3.63, 3.8) is 0 Å². The fourth-order valence-corrected chi connectivity index (χ4v) is 2.04. The van der Waals surface area contributed by atoms with Crippen LogP contribution in [0.5, 0.6) is 0 Å². The number of hydrogen-bond acceptors (Lipinski definition) is 5.